The first-order valence-electron chi connectivity index (χ1n) is 7.32. The predicted octanol–water partition coefficient (Wildman–Crippen LogP) is 1.20. The Hall–Kier alpha value is -0.610. The van der Waals surface area contributed by atoms with E-state index >= 15 is 0 Å². The van der Waals surface area contributed by atoms with Crippen LogP contribution in [0.2, 0.25) is 0 Å². The molecule has 1 saturated carbocycles. The zero-order chi connectivity index (χ0) is 13.2. The lowest BCUT2D eigenvalue weighted by Gasteiger charge is -2.43. The minimum absolute atomic E-state index is 0.0521. The SMILES string of the molecule is CCC(=O)N1CCN(C2CCC(C)(N)CC2)CC1. The topological polar surface area (TPSA) is 49.6 Å². The molecule has 1 saturated heterocycles. The summed E-state index contributed by atoms with van der Waals surface area (Å²) in [5.41, 5.74) is 6.23. The fourth-order valence-corrected chi connectivity index (χ4v) is 3.19. The molecular weight excluding hydrogens is 226 g/mol. The first kappa shape index (κ1) is 13.8. The van der Waals surface area contributed by atoms with Crippen molar-refractivity contribution in [1.82, 2.24) is 9.80 Å². The van der Waals surface area contributed by atoms with E-state index in [4.69, 9.17) is 5.73 Å². The van der Waals surface area contributed by atoms with Crippen molar-refractivity contribution in [2.45, 2.75) is 57.5 Å². The lowest BCUT2D eigenvalue weighted by atomic mass is 9.81. The third-order valence-corrected chi connectivity index (χ3v) is 4.58. The number of piperazine rings is 1. The average molecular weight is 253 g/mol. The average Bonchev–Trinajstić information content (AvgIpc) is 2.38. The summed E-state index contributed by atoms with van der Waals surface area (Å²) < 4.78 is 0. The maximum atomic E-state index is 11.6. The molecule has 18 heavy (non-hydrogen) atoms. The molecular formula is C14H27N3O. The molecule has 2 rings (SSSR count). The van der Waals surface area contributed by atoms with Crippen molar-refractivity contribution in [2.75, 3.05) is 26.2 Å². The summed E-state index contributed by atoms with van der Waals surface area (Å²) in [5.74, 6) is 0.299. The van der Waals surface area contributed by atoms with Crippen molar-refractivity contribution in [2.24, 2.45) is 5.73 Å². The second-order valence-corrected chi connectivity index (χ2v) is 6.16. The Balaban J connectivity index is 1.78. The van der Waals surface area contributed by atoms with Crippen LogP contribution in [0.25, 0.3) is 0 Å². The number of carbonyl (C=O) groups is 1. The van der Waals surface area contributed by atoms with Crippen LogP contribution in [0.3, 0.4) is 0 Å². The minimum Gasteiger partial charge on any atom is -0.340 e. The van der Waals surface area contributed by atoms with Crippen LogP contribution >= 0.6 is 0 Å². The van der Waals surface area contributed by atoms with E-state index in [-0.39, 0.29) is 5.54 Å². The number of nitrogens with zero attached hydrogens (tertiary/aromatic N) is 2. The molecule has 4 nitrogen and oxygen atoms in total. The van der Waals surface area contributed by atoms with Gasteiger partial charge in [0.15, 0.2) is 0 Å². The van der Waals surface area contributed by atoms with E-state index in [1.54, 1.807) is 0 Å². The van der Waals surface area contributed by atoms with Gasteiger partial charge in [-0.05, 0) is 32.6 Å². The summed E-state index contributed by atoms with van der Waals surface area (Å²) in [6, 6.07) is 0.695. The number of nitrogens with two attached hydrogens (primary N) is 1. The van der Waals surface area contributed by atoms with E-state index in [9.17, 15) is 4.79 Å². The van der Waals surface area contributed by atoms with Gasteiger partial charge in [0.1, 0.15) is 0 Å². The van der Waals surface area contributed by atoms with Crippen molar-refractivity contribution < 1.29 is 4.79 Å². The summed E-state index contributed by atoms with van der Waals surface area (Å²) >= 11 is 0. The Morgan fingerprint density at radius 3 is 2.28 bits per heavy atom. The van der Waals surface area contributed by atoms with Crippen LogP contribution in [0.4, 0.5) is 0 Å². The molecule has 1 amide bonds. The van der Waals surface area contributed by atoms with E-state index in [0.717, 1.165) is 39.0 Å². The van der Waals surface area contributed by atoms with Crippen LogP contribution in [0, 0.1) is 0 Å². The maximum Gasteiger partial charge on any atom is 0.222 e. The van der Waals surface area contributed by atoms with Crippen LogP contribution in [-0.2, 0) is 4.79 Å². The Bertz CT molecular complexity index is 285. The zero-order valence-electron chi connectivity index (χ0n) is 11.8. The molecule has 1 heterocycles. The quantitative estimate of drug-likeness (QED) is 0.804. The molecule has 0 bridgehead atoms. The van der Waals surface area contributed by atoms with Gasteiger partial charge in [-0.15, -0.1) is 0 Å². The van der Waals surface area contributed by atoms with Gasteiger partial charge in [0.05, 0.1) is 0 Å². The zero-order valence-corrected chi connectivity index (χ0v) is 11.8. The van der Waals surface area contributed by atoms with E-state index in [1.807, 2.05) is 11.8 Å². The molecule has 2 aliphatic rings. The highest BCUT2D eigenvalue weighted by Crippen LogP contribution is 2.29. The number of hydrogen-bond acceptors (Lipinski definition) is 3. The third kappa shape index (κ3) is 3.23. The highest BCUT2D eigenvalue weighted by atomic mass is 16.2. The molecule has 1 aliphatic carbocycles. The summed E-state index contributed by atoms with van der Waals surface area (Å²) in [7, 11) is 0. The normalized spacial score (nSPS) is 34.6. The standard InChI is InChI=1S/C14H27N3O/c1-3-13(18)17-10-8-16(9-11-17)12-4-6-14(2,15)7-5-12/h12H,3-11,15H2,1-2H3. The van der Waals surface area contributed by atoms with Gasteiger partial charge in [-0.2, -0.15) is 0 Å². The second-order valence-electron chi connectivity index (χ2n) is 6.16. The minimum atomic E-state index is 0.0521. The second kappa shape index (κ2) is 5.57. The van der Waals surface area contributed by atoms with Gasteiger partial charge >= 0.3 is 0 Å². The highest BCUT2D eigenvalue weighted by molar-refractivity contribution is 5.75. The molecule has 0 atom stereocenters. The molecule has 0 unspecified atom stereocenters. The Morgan fingerprint density at radius 2 is 1.78 bits per heavy atom. The van der Waals surface area contributed by atoms with Crippen molar-refractivity contribution >= 4 is 5.91 Å². The fourth-order valence-electron chi connectivity index (χ4n) is 3.19. The number of hydrogen-bond donors (Lipinski definition) is 1. The fraction of sp³-hybridized carbons (Fsp3) is 0.929. The van der Waals surface area contributed by atoms with Crippen molar-refractivity contribution in [1.29, 1.82) is 0 Å². The summed E-state index contributed by atoms with van der Waals surface area (Å²) in [4.78, 5) is 16.2. The molecule has 0 aromatic carbocycles. The van der Waals surface area contributed by atoms with E-state index < -0.39 is 0 Å². The van der Waals surface area contributed by atoms with Crippen molar-refractivity contribution in [3.8, 4) is 0 Å². The molecule has 0 aromatic heterocycles. The van der Waals surface area contributed by atoms with Crippen LogP contribution in [0.1, 0.15) is 46.0 Å². The van der Waals surface area contributed by atoms with Gasteiger partial charge in [-0.3, -0.25) is 9.69 Å². The monoisotopic (exact) mass is 253 g/mol. The largest absolute Gasteiger partial charge is 0.340 e. The number of carbonyl (C=O) groups excluding carboxylic acids is 1. The Kier molecular flexibility index (Phi) is 4.28. The van der Waals surface area contributed by atoms with Gasteiger partial charge in [0.25, 0.3) is 0 Å². The molecule has 0 aromatic rings. The summed E-state index contributed by atoms with van der Waals surface area (Å²) in [6.07, 6.45) is 5.33. The van der Waals surface area contributed by atoms with Gasteiger partial charge in [-0.1, -0.05) is 6.92 Å². The van der Waals surface area contributed by atoms with Crippen LogP contribution in [0.5, 0.6) is 0 Å². The van der Waals surface area contributed by atoms with Crippen molar-refractivity contribution in [3.05, 3.63) is 0 Å². The maximum absolute atomic E-state index is 11.6. The lowest BCUT2D eigenvalue weighted by Crippen LogP contribution is -2.54. The van der Waals surface area contributed by atoms with Crippen LogP contribution in [-0.4, -0.2) is 53.5 Å². The molecule has 0 radical (unpaired) electrons. The Labute approximate surface area is 110 Å². The molecule has 1 aliphatic heterocycles. The Morgan fingerprint density at radius 1 is 1.22 bits per heavy atom. The lowest BCUT2D eigenvalue weighted by molar-refractivity contribution is -0.133. The summed E-state index contributed by atoms with van der Waals surface area (Å²) in [5, 5.41) is 0. The first-order chi connectivity index (χ1) is 8.52. The van der Waals surface area contributed by atoms with Crippen molar-refractivity contribution in [3.63, 3.8) is 0 Å². The molecule has 2 N–H and O–H groups in total. The molecule has 104 valence electrons. The van der Waals surface area contributed by atoms with Gasteiger partial charge < -0.3 is 10.6 Å². The predicted molar refractivity (Wildman–Crippen MR) is 73.3 cm³/mol. The highest BCUT2D eigenvalue weighted by Gasteiger charge is 2.32. The van der Waals surface area contributed by atoms with Crippen LogP contribution < -0.4 is 5.73 Å². The van der Waals surface area contributed by atoms with E-state index in [0.29, 0.717) is 18.4 Å². The summed E-state index contributed by atoms with van der Waals surface area (Å²) in [6.45, 7) is 8.00. The third-order valence-electron chi connectivity index (χ3n) is 4.58. The van der Waals surface area contributed by atoms with Gasteiger partial charge in [0, 0.05) is 44.2 Å². The van der Waals surface area contributed by atoms with E-state index in [2.05, 4.69) is 11.8 Å². The molecule has 4 heteroatoms. The van der Waals surface area contributed by atoms with Crippen LogP contribution in [0.15, 0.2) is 0 Å². The molecule has 0 spiro atoms. The smallest absolute Gasteiger partial charge is 0.222 e. The number of amides is 1. The number of rotatable bonds is 2. The van der Waals surface area contributed by atoms with Gasteiger partial charge in [-0.25, -0.2) is 0 Å². The first-order valence-corrected chi connectivity index (χ1v) is 7.32. The molecule has 2 fully saturated rings. The van der Waals surface area contributed by atoms with E-state index in [1.165, 1.54) is 12.8 Å². The van der Waals surface area contributed by atoms with Gasteiger partial charge in [0.2, 0.25) is 5.91 Å².